The molecule has 0 unspecified atom stereocenters. The smallest absolute Gasteiger partial charge is 0.316 e. The largest absolute Gasteiger partial charge is 0.497 e. The molecule has 126 valence electrons. The standard InChI is InChI=1S/C18H21N3O3/c1-24-16-9-4-13(5-10-16)6-11-17(22)20-12-14-2-7-15(8-3-14)21-18(19)23/h2-5,7-10H,6,11-12H2,1H3,(H,20,22)(H3,19,21,23). The van der Waals surface area contributed by atoms with Gasteiger partial charge in [-0.05, 0) is 41.8 Å². The number of carbonyl (C=O) groups excluding carboxylic acids is 2. The average Bonchev–Trinajstić information content (AvgIpc) is 2.59. The minimum atomic E-state index is -0.602. The molecule has 0 heterocycles. The van der Waals surface area contributed by atoms with Crippen molar-refractivity contribution in [1.82, 2.24) is 5.32 Å². The molecule has 6 nitrogen and oxygen atoms in total. The van der Waals surface area contributed by atoms with Crippen molar-refractivity contribution >= 4 is 17.6 Å². The lowest BCUT2D eigenvalue weighted by Gasteiger charge is -2.07. The Morgan fingerprint density at radius 3 is 2.21 bits per heavy atom. The zero-order valence-corrected chi connectivity index (χ0v) is 13.5. The molecule has 0 fully saturated rings. The van der Waals surface area contributed by atoms with Gasteiger partial charge in [0.05, 0.1) is 7.11 Å². The molecule has 0 aliphatic rings. The first-order chi connectivity index (χ1) is 11.6. The molecular weight excluding hydrogens is 306 g/mol. The number of hydrogen-bond donors (Lipinski definition) is 3. The third kappa shape index (κ3) is 5.64. The number of benzene rings is 2. The number of ether oxygens (including phenoxy) is 1. The number of primary amides is 1. The first kappa shape index (κ1) is 17.3. The lowest BCUT2D eigenvalue weighted by atomic mass is 10.1. The Bertz CT molecular complexity index is 682. The van der Waals surface area contributed by atoms with Gasteiger partial charge in [0.25, 0.3) is 0 Å². The Morgan fingerprint density at radius 1 is 1.00 bits per heavy atom. The van der Waals surface area contributed by atoms with Crippen LogP contribution in [0.1, 0.15) is 17.5 Å². The van der Waals surface area contributed by atoms with E-state index in [0.717, 1.165) is 16.9 Å². The highest BCUT2D eigenvalue weighted by Gasteiger charge is 2.03. The summed E-state index contributed by atoms with van der Waals surface area (Å²) in [5, 5.41) is 5.36. The van der Waals surface area contributed by atoms with Crippen molar-refractivity contribution in [2.75, 3.05) is 12.4 Å². The molecule has 0 bridgehead atoms. The first-order valence-electron chi connectivity index (χ1n) is 7.62. The van der Waals surface area contributed by atoms with Crippen molar-refractivity contribution in [1.29, 1.82) is 0 Å². The monoisotopic (exact) mass is 327 g/mol. The van der Waals surface area contributed by atoms with Gasteiger partial charge in [-0.2, -0.15) is 0 Å². The number of nitrogens with one attached hydrogen (secondary N) is 2. The van der Waals surface area contributed by atoms with E-state index in [1.54, 1.807) is 19.2 Å². The van der Waals surface area contributed by atoms with Gasteiger partial charge in [-0.3, -0.25) is 4.79 Å². The van der Waals surface area contributed by atoms with Crippen molar-refractivity contribution in [3.63, 3.8) is 0 Å². The van der Waals surface area contributed by atoms with E-state index >= 15 is 0 Å². The molecular formula is C18H21N3O3. The molecule has 0 saturated heterocycles. The van der Waals surface area contributed by atoms with E-state index in [2.05, 4.69) is 10.6 Å². The molecule has 2 aromatic rings. The van der Waals surface area contributed by atoms with E-state index in [1.165, 1.54) is 0 Å². The van der Waals surface area contributed by atoms with Crippen LogP contribution in [-0.2, 0) is 17.8 Å². The molecule has 0 radical (unpaired) electrons. The molecule has 4 N–H and O–H groups in total. The molecule has 2 rings (SSSR count). The molecule has 0 saturated carbocycles. The topological polar surface area (TPSA) is 93.4 Å². The SMILES string of the molecule is COc1ccc(CCC(=O)NCc2ccc(NC(N)=O)cc2)cc1. The number of anilines is 1. The molecule has 0 aromatic heterocycles. The van der Waals surface area contributed by atoms with Crippen molar-refractivity contribution in [3.8, 4) is 5.75 Å². The lowest BCUT2D eigenvalue weighted by Crippen LogP contribution is -2.23. The first-order valence-corrected chi connectivity index (χ1v) is 7.62. The predicted molar refractivity (Wildman–Crippen MR) is 92.8 cm³/mol. The van der Waals surface area contributed by atoms with Crippen molar-refractivity contribution < 1.29 is 14.3 Å². The molecule has 3 amide bonds. The van der Waals surface area contributed by atoms with Gasteiger partial charge in [0.15, 0.2) is 0 Å². The second kappa shape index (κ2) is 8.57. The van der Waals surface area contributed by atoms with Gasteiger partial charge in [0, 0.05) is 18.7 Å². The Morgan fingerprint density at radius 2 is 1.62 bits per heavy atom. The maximum Gasteiger partial charge on any atom is 0.316 e. The normalized spacial score (nSPS) is 10.0. The van der Waals surface area contributed by atoms with Gasteiger partial charge in [-0.1, -0.05) is 24.3 Å². The molecule has 24 heavy (non-hydrogen) atoms. The van der Waals surface area contributed by atoms with Crippen LogP contribution >= 0.6 is 0 Å². The number of hydrogen-bond acceptors (Lipinski definition) is 3. The quantitative estimate of drug-likeness (QED) is 0.729. The lowest BCUT2D eigenvalue weighted by molar-refractivity contribution is -0.121. The number of carbonyl (C=O) groups is 2. The fourth-order valence-corrected chi connectivity index (χ4v) is 2.19. The number of nitrogens with two attached hydrogens (primary N) is 1. The Labute approximate surface area is 141 Å². The fraction of sp³-hybridized carbons (Fsp3) is 0.222. The van der Waals surface area contributed by atoms with Gasteiger partial charge in [-0.25, -0.2) is 4.79 Å². The summed E-state index contributed by atoms with van der Waals surface area (Å²) in [5.74, 6) is 0.794. The summed E-state index contributed by atoms with van der Waals surface area (Å²) in [5.41, 5.74) is 7.70. The van der Waals surface area contributed by atoms with Crippen LogP contribution in [0.15, 0.2) is 48.5 Å². The van der Waals surface area contributed by atoms with Gasteiger partial charge in [0.2, 0.25) is 5.91 Å². The third-order valence-corrected chi connectivity index (χ3v) is 3.51. The van der Waals surface area contributed by atoms with Crippen LogP contribution in [0.3, 0.4) is 0 Å². The summed E-state index contributed by atoms with van der Waals surface area (Å²) in [6.07, 6.45) is 1.10. The average molecular weight is 327 g/mol. The second-order valence-electron chi connectivity index (χ2n) is 5.31. The Hall–Kier alpha value is -3.02. The van der Waals surface area contributed by atoms with E-state index in [1.807, 2.05) is 36.4 Å². The Kier molecular flexibility index (Phi) is 6.19. The summed E-state index contributed by atoms with van der Waals surface area (Å²) in [6.45, 7) is 0.443. The van der Waals surface area contributed by atoms with Crippen molar-refractivity contribution in [2.24, 2.45) is 5.73 Å². The number of methoxy groups -OCH3 is 1. The third-order valence-electron chi connectivity index (χ3n) is 3.51. The van der Waals surface area contributed by atoms with Crippen LogP contribution < -0.4 is 21.1 Å². The van der Waals surface area contributed by atoms with Crippen molar-refractivity contribution in [2.45, 2.75) is 19.4 Å². The van der Waals surface area contributed by atoms with Crippen LogP contribution in [0.2, 0.25) is 0 Å². The number of aryl methyl sites for hydroxylation is 1. The van der Waals surface area contributed by atoms with Crippen LogP contribution in [-0.4, -0.2) is 19.0 Å². The second-order valence-corrected chi connectivity index (χ2v) is 5.31. The minimum Gasteiger partial charge on any atom is -0.497 e. The summed E-state index contributed by atoms with van der Waals surface area (Å²) in [4.78, 5) is 22.7. The van der Waals surface area contributed by atoms with E-state index in [0.29, 0.717) is 25.1 Å². The van der Waals surface area contributed by atoms with E-state index in [-0.39, 0.29) is 5.91 Å². The number of urea groups is 1. The predicted octanol–water partition coefficient (Wildman–Crippen LogP) is 2.43. The van der Waals surface area contributed by atoms with E-state index in [9.17, 15) is 9.59 Å². The Balaban J connectivity index is 1.75. The zero-order chi connectivity index (χ0) is 17.4. The van der Waals surface area contributed by atoms with Gasteiger partial charge in [-0.15, -0.1) is 0 Å². The number of rotatable bonds is 7. The maximum atomic E-state index is 11.9. The van der Waals surface area contributed by atoms with Gasteiger partial charge in [0.1, 0.15) is 5.75 Å². The summed E-state index contributed by atoms with van der Waals surface area (Å²) in [7, 11) is 1.62. The van der Waals surface area contributed by atoms with Crippen LogP contribution in [0.5, 0.6) is 5.75 Å². The van der Waals surface area contributed by atoms with E-state index in [4.69, 9.17) is 10.5 Å². The zero-order valence-electron chi connectivity index (χ0n) is 13.5. The van der Waals surface area contributed by atoms with E-state index < -0.39 is 6.03 Å². The molecule has 6 heteroatoms. The molecule has 2 aromatic carbocycles. The summed E-state index contributed by atoms with van der Waals surface area (Å²) < 4.78 is 5.10. The number of amides is 3. The van der Waals surface area contributed by atoms with Crippen molar-refractivity contribution in [3.05, 3.63) is 59.7 Å². The molecule has 0 aliphatic heterocycles. The highest BCUT2D eigenvalue weighted by molar-refractivity contribution is 5.87. The summed E-state index contributed by atoms with van der Waals surface area (Å²) in [6, 6.07) is 14.2. The molecule has 0 aliphatic carbocycles. The van der Waals surface area contributed by atoms with Crippen LogP contribution in [0.4, 0.5) is 10.5 Å². The van der Waals surface area contributed by atoms with Crippen LogP contribution in [0.25, 0.3) is 0 Å². The highest BCUT2D eigenvalue weighted by atomic mass is 16.5. The molecule has 0 atom stereocenters. The molecule has 0 spiro atoms. The van der Waals surface area contributed by atoms with Gasteiger partial charge < -0.3 is 21.1 Å². The van der Waals surface area contributed by atoms with Gasteiger partial charge >= 0.3 is 6.03 Å². The maximum absolute atomic E-state index is 11.9. The summed E-state index contributed by atoms with van der Waals surface area (Å²) >= 11 is 0. The fourth-order valence-electron chi connectivity index (χ4n) is 2.19. The highest BCUT2D eigenvalue weighted by Crippen LogP contribution is 2.13. The minimum absolute atomic E-state index is 0.00912. The van der Waals surface area contributed by atoms with Crippen LogP contribution in [0, 0.1) is 0 Å².